The second-order valence-electron chi connectivity index (χ2n) is 3.42. The molecule has 0 aromatic carbocycles. The van der Waals surface area contributed by atoms with Gasteiger partial charge >= 0.3 is 0 Å². The summed E-state index contributed by atoms with van der Waals surface area (Å²) in [6.07, 6.45) is 1.66. The SMILES string of the molecule is Cc1cnc(N)nc1OCC(C)C. The van der Waals surface area contributed by atoms with Gasteiger partial charge in [0.15, 0.2) is 0 Å². The van der Waals surface area contributed by atoms with Crippen molar-refractivity contribution in [2.45, 2.75) is 20.8 Å². The van der Waals surface area contributed by atoms with Crippen molar-refractivity contribution < 1.29 is 4.74 Å². The van der Waals surface area contributed by atoms with Crippen molar-refractivity contribution >= 4 is 5.95 Å². The van der Waals surface area contributed by atoms with Crippen molar-refractivity contribution in [2.75, 3.05) is 12.3 Å². The van der Waals surface area contributed by atoms with Crippen LogP contribution in [0.2, 0.25) is 0 Å². The summed E-state index contributed by atoms with van der Waals surface area (Å²) < 4.78 is 5.45. The Kier molecular flexibility index (Phi) is 3.06. The number of nitrogen functional groups attached to an aromatic ring is 1. The standard InChI is InChI=1S/C9H15N3O/c1-6(2)5-13-8-7(3)4-11-9(10)12-8/h4,6H,5H2,1-3H3,(H2,10,11,12). The second-order valence-corrected chi connectivity index (χ2v) is 3.42. The van der Waals surface area contributed by atoms with Crippen molar-refractivity contribution in [1.29, 1.82) is 0 Å². The normalized spacial score (nSPS) is 10.5. The van der Waals surface area contributed by atoms with Crippen LogP contribution in [0.4, 0.5) is 5.95 Å². The van der Waals surface area contributed by atoms with Gasteiger partial charge in [0.05, 0.1) is 6.61 Å². The molecule has 0 aliphatic heterocycles. The Labute approximate surface area is 78.1 Å². The predicted octanol–water partition coefficient (Wildman–Crippen LogP) is 1.40. The molecule has 1 aromatic heterocycles. The van der Waals surface area contributed by atoms with Crippen LogP contribution in [0.15, 0.2) is 6.20 Å². The van der Waals surface area contributed by atoms with Crippen molar-refractivity contribution in [2.24, 2.45) is 5.92 Å². The summed E-state index contributed by atoms with van der Waals surface area (Å²) in [5.74, 6) is 1.32. The van der Waals surface area contributed by atoms with Gasteiger partial charge in [0.2, 0.25) is 11.8 Å². The highest BCUT2D eigenvalue weighted by molar-refractivity contribution is 5.28. The molecule has 1 aromatic rings. The number of hydrogen-bond acceptors (Lipinski definition) is 4. The predicted molar refractivity (Wildman–Crippen MR) is 51.5 cm³/mol. The Morgan fingerprint density at radius 1 is 1.54 bits per heavy atom. The number of hydrogen-bond donors (Lipinski definition) is 1. The first-order valence-electron chi connectivity index (χ1n) is 4.31. The summed E-state index contributed by atoms with van der Waals surface area (Å²) in [4.78, 5) is 7.84. The molecule has 0 fully saturated rings. The molecule has 72 valence electrons. The second kappa shape index (κ2) is 4.07. The minimum atomic E-state index is 0.254. The van der Waals surface area contributed by atoms with E-state index in [1.165, 1.54) is 0 Å². The Morgan fingerprint density at radius 3 is 2.85 bits per heavy atom. The average Bonchev–Trinajstić information content (AvgIpc) is 2.06. The number of anilines is 1. The van der Waals surface area contributed by atoms with Gasteiger partial charge in [0.1, 0.15) is 0 Å². The van der Waals surface area contributed by atoms with Crippen LogP contribution < -0.4 is 10.5 Å². The van der Waals surface area contributed by atoms with Gasteiger partial charge in [-0.15, -0.1) is 0 Å². The molecule has 0 unspecified atom stereocenters. The minimum Gasteiger partial charge on any atom is -0.477 e. The molecule has 1 rings (SSSR count). The van der Waals surface area contributed by atoms with Gasteiger partial charge in [-0.3, -0.25) is 0 Å². The van der Waals surface area contributed by atoms with Gasteiger partial charge in [-0.05, 0) is 12.8 Å². The highest BCUT2D eigenvalue weighted by atomic mass is 16.5. The molecule has 0 radical (unpaired) electrons. The molecule has 0 saturated heterocycles. The lowest BCUT2D eigenvalue weighted by atomic mass is 10.2. The fraction of sp³-hybridized carbons (Fsp3) is 0.556. The lowest BCUT2D eigenvalue weighted by Gasteiger charge is -2.09. The number of aromatic nitrogens is 2. The van der Waals surface area contributed by atoms with E-state index in [2.05, 4.69) is 23.8 Å². The average molecular weight is 181 g/mol. The van der Waals surface area contributed by atoms with Crippen LogP contribution in [-0.2, 0) is 0 Å². The molecule has 0 atom stereocenters. The number of nitrogens with zero attached hydrogens (tertiary/aromatic N) is 2. The molecule has 4 nitrogen and oxygen atoms in total. The molecule has 13 heavy (non-hydrogen) atoms. The van der Waals surface area contributed by atoms with E-state index in [1.54, 1.807) is 6.20 Å². The molecule has 0 amide bonds. The van der Waals surface area contributed by atoms with E-state index in [0.717, 1.165) is 5.56 Å². The third kappa shape index (κ3) is 2.89. The van der Waals surface area contributed by atoms with Crippen LogP contribution in [0, 0.1) is 12.8 Å². The monoisotopic (exact) mass is 181 g/mol. The lowest BCUT2D eigenvalue weighted by Crippen LogP contribution is -2.08. The van der Waals surface area contributed by atoms with Crippen LogP contribution in [0.5, 0.6) is 5.88 Å². The van der Waals surface area contributed by atoms with Crippen molar-refractivity contribution in [3.8, 4) is 5.88 Å². The maximum Gasteiger partial charge on any atom is 0.223 e. The van der Waals surface area contributed by atoms with Crippen molar-refractivity contribution in [3.63, 3.8) is 0 Å². The molecule has 0 spiro atoms. The zero-order valence-electron chi connectivity index (χ0n) is 8.24. The molecule has 0 aliphatic carbocycles. The molecule has 0 bridgehead atoms. The smallest absolute Gasteiger partial charge is 0.223 e. The molecular weight excluding hydrogens is 166 g/mol. The lowest BCUT2D eigenvalue weighted by molar-refractivity contribution is 0.259. The van der Waals surface area contributed by atoms with Crippen LogP contribution in [0.1, 0.15) is 19.4 Å². The first-order valence-corrected chi connectivity index (χ1v) is 4.31. The van der Waals surface area contributed by atoms with Gasteiger partial charge < -0.3 is 10.5 Å². The van der Waals surface area contributed by atoms with E-state index in [9.17, 15) is 0 Å². The van der Waals surface area contributed by atoms with Gasteiger partial charge in [-0.25, -0.2) is 4.98 Å². The summed E-state index contributed by atoms with van der Waals surface area (Å²) in [6.45, 7) is 6.71. The van der Waals surface area contributed by atoms with Gasteiger partial charge in [0, 0.05) is 11.8 Å². The van der Waals surface area contributed by atoms with Crippen LogP contribution >= 0.6 is 0 Å². The summed E-state index contributed by atoms with van der Waals surface area (Å²) in [5.41, 5.74) is 6.34. The first-order chi connectivity index (χ1) is 6.09. The Hall–Kier alpha value is -1.32. The Balaban J connectivity index is 2.70. The van der Waals surface area contributed by atoms with Crippen molar-refractivity contribution in [1.82, 2.24) is 9.97 Å². The maximum atomic E-state index is 5.45. The molecule has 4 heteroatoms. The third-order valence-electron chi connectivity index (χ3n) is 1.50. The number of nitrogens with two attached hydrogens (primary N) is 1. The van der Waals surface area contributed by atoms with E-state index in [-0.39, 0.29) is 5.95 Å². The quantitative estimate of drug-likeness (QED) is 0.765. The van der Waals surface area contributed by atoms with E-state index in [0.29, 0.717) is 18.4 Å². The van der Waals surface area contributed by atoms with Gasteiger partial charge in [-0.1, -0.05) is 13.8 Å². The van der Waals surface area contributed by atoms with E-state index >= 15 is 0 Å². The van der Waals surface area contributed by atoms with Crippen molar-refractivity contribution in [3.05, 3.63) is 11.8 Å². The summed E-state index contributed by atoms with van der Waals surface area (Å²) in [5, 5.41) is 0. The van der Waals surface area contributed by atoms with Crippen LogP contribution in [0.3, 0.4) is 0 Å². The topological polar surface area (TPSA) is 61.0 Å². The highest BCUT2D eigenvalue weighted by Gasteiger charge is 2.03. The summed E-state index contributed by atoms with van der Waals surface area (Å²) in [7, 11) is 0. The van der Waals surface area contributed by atoms with E-state index in [1.807, 2.05) is 6.92 Å². The number of aryl methyl sites for hydroxylation is 1. The third-order valence-corrected chi connectivity index (χ3v) is 1.50. The Morgan fingerprint density at radius 2 is 2.23 bits per heavy atom. The summed E-state index contributed by atoms with van der Waals surface area (Å²) >= 11 is 0. The zero-order chi connectivity index (χ0) is 9.84. The molecule has 0 saturated carbocycles. The van der Waals surface area contributed by atoms with Gasteiger partial charge in [0.25, 0.3) is 0 Å². The van der Waals surface area contributed by atoms with Gasteiger partial charge in [-0.2, -0.15) is 4.98 Å². The molecule has 0 aliphatic rings. The zero-order valence-corrected chi connectivity index (χ0v) is 8.24. The number of rotatable bonds is 3. The molecular formula is C9H15N3O. The molecule has 2 N–H and O–H groups in total. The fourth-order valence-electron chi connectivity index (χ4n) is 0.831. The molecule has 1 heterocycles. The highest BCUT2D eigenvalue weighted by Crippen LogP contribution is 2.14. The maximum absolute atomic E-state index is 5.45. The van der Waals surface area contributed by atoms with Crippen LogP contribution in [0.25, 0.3) is 0 Å². The van der Waals surface area contributed by atoms with E-state index in [4.69, 9.17) is 10.5 Å². The fourth-order valence-corrected chi connectivity index (χ4v) is 0.831. The van der Waals surface area contributed by atoms with E-state index < -0.39 is 0 Å². The number of ether oxygens (including phenoxy) is 1. The Bertz CT molecular complexity index is 286. The largest absolute Gasteiger partial charge is 0.477 e. The summed E-state index contributed by atoms with van der Waals surface area (Å²) in [6, 6.07) is 0. The first kappa shape index (κ1) is 9.77. The minimum absolute atomic E-state index is 0.254. The van der Waals surface area contributed by atoms with Crippen LogP contribution in [-0.4, -0.2) is 16.6 Å².